The molecule has 19 heavy (non-hydrogen) atoms. The fourth-order valence-electron chi connectivity index (χ4n) is 1.89. The van der Waals surface area contributed by atoms with Crippen LogP contribution in [-0.4, -0.2) is 6.54 Å². The van der Waals surface area contributed by atoms with Gasteiger partial charge in [0.05, 0.1) is 6.04 Å². The van der Waals surface area contributed by atoms with Crippen LogP contribution in [0.5, 0.6) is 0 Å². The number of benzene rings is 2. The van der Waals surface area contributed by atoms with Crippen molar-refractivity contribution in [3.8, 4) is 0 Å². The molecule has 0 saturated carbocycles. The van der Waals surface area contributed by atoms with Crippen molar-refractivity contribution >= 4 is 17.3 Å². The highest BCUT2D eigenvalue weighted by molar-refractivity contribution is 6.31. The van der Waals surface area contributed by atoms with E-state index in [0.717, 1.165) is 16.8 Å². The summed E-state index contributed by atoms with van der Waals surface area (Å²) in [6, 6.07) is 12.0. The van der Waals surface area contributed by atoms with E-state index in [9.17, 15) is 4.39 Å². The van der Waals surface area contributed by atoms with Gasteiger partial charge in [0.1, 0.15) is 5.82 Å². The number of hydrogen-bond donors (Lipinski definition) is 2. The van der Waals surface area contributed by atoms with Gasteiger partial charge in [-0.25, -0.2) is 4.39 Å². The Morgan fingerprint density at radius 1 is 1.26 bits per heavy atom. The molecule has 0 saturated heterocycles. The van der Waals surface area contributed by atoms with Gasteiger partial charge in [-0.2, -0.15) is 0 Å². The summed E-state index contributed by atoms with van der Waals surface area (Å²) >= 11 is 6.08. The Kier molecular flexibility index (Phi) is 4.40. The zero-order valence-corrected chi connectivity index (χ0v) is 11.4. The molecule has 0 amide bonds. The van der Waals surface area contributed by atoms with Crippen molar-refractivity contribution in [1.82, 2.24) is 0 Å². The van der Waals surface area contributed by atoms with Crippen LogP contribution in [0.1, 0.15) is 17.2 Å². The van der Waals surface area contributed by atoms with E-state index in [2.05, 4.69) is 5.32 Å². The van der Waals surface area contributed by atoms with E-state index in [1.807, 2.05) is 31.2 Å². The molecule has 0 bridgehead atoms. The first-order chi connectivity index (χ1) is 9.10. The Bertz CT molecular complexity index is 572. The summed E-state index contributed by atoms with van der Waals surface area (Å²) in [6.45, 7) is 2.31. The smallest absolute Gasteiger partial charge is 0.123 e. The van der Waals surface area contributed by atoms with E-state index in [1.165, 1.54) is 12.1 Å². The highest BCUT2D eigenvalue weighted by Crippen LogP contribution is 2.24. The maximum Gasteiger partial charge on any atom is 0.123 e. The number of rotatable bonds is 4. The topological polar surface area (TPSA) is 38.0 Å². The van der Waals surface area contributed by atoms with Gasteiger partial charge >= 0.3 is 0 Å². The molecule has 4 heteroatoms. The van der Waals surface area contributed by atoms with Crippen molar-refractivity contribution in [3.63, 3.8) is 0 Å². The maximum absolute atomic E-state index is 13.2. The lowest BCUT2D eigenvalue weighted by Gasteiger charge is -2.19. The summed E-state index contributed by atoms with van der Waals surface area (Å²) in [5.74, 6) is -0.264. The van der Waals surface area contributed by atoms with Crippen LogP contribution in [0, 0.1) is 12.7 Å². The quantitative estimate of drug-likeness (QED) is 0.890. The summed E-state index contributed by atoms with van der Waals surface area (Å²) in [6.07, 6.45) is 0. The van der Waals surface area contributed by atoms with Crippen molar-refractivity contribution in [2.24, 2.45) is 5.73 Å². The Balaban J connectivity index is 2.21. The average molecular weight is 279 g/mol. The molecule has 0 radical (unpaired) electrons. The molecule has 2 aromatic carbocycles. The monoisotopic (exact) mass is 278 g/mol. The molecular weight excluding hydrogens is 263 g/mol. The van der Waals surface area contributed by atoms with Crippen molar-refractivity contribution < 1.29 is 4.39 Å². The predicted octanol–water partition coefficient (Wildman–Crippen LogP) is 3.90. The molecule has 1 unspecified atom stereocenters. The molecule has 2 nitrogen and oxygen atoms in total. The molecule has 2 aromatic rings. The minimum atomic E-state index is -0.264. The molecule has 0 fully saturated rings. The Morgan fingerprint density at radius 3 is 2.68 bits per heavy atom. The van der Waals surface area contributed by atoms with E-state index in [-0.39, 0.29) is 11.9 Å². The molecule has 100 valence electrons. The second-order valence-corrected chi connectivity index (χ2v) is 4.86. The largest absolute Gasteiger partial charge is 0.377 e. The Hall–Kier alpha value is -1.58. The van der Waals surface area contributed by atoms with E-state index in [0.29, 0.717) is 11.6 Å². The van der Waals surface area contributed by atoms with Crippen LogP contribution >= 0.6 is 11.6 Å². The second kappa shape index (κ2) is 6.04. The molecule has 0 aliphatic carbocycles. The lowest BCUT2D eigenvalue weighted by molar-refractivity contribution is 0.622. The van der Waals surface area contributed by atoms with Crippen LogP contribution in [0.2, 0.25) is 5.02 Å². The third-order valence-electron chi connectivity index (χ3n) is 3.00. The SMILES string of the molecule is Cc1ccc(NC(CN)c2cccc(F)c2)cc1Cl. The highest BCUT2D eigenvalue weighted by atomic mass is 35.5. The first kappa shape index (κ1) is 13.8. The Labute approximate surface area is 117 Å². The van der Waals surface area contributed by atoms with Crippen LogP contribution in [0.25, 0.3) is 0 Å². The number of aryl methyl sites for hydroxylation is 1. The molecule has 0 aliphatic rings. The van der Waals surface area contributed by atoms with Gasteiger partial charge in [0.15, 0.2) is 0 Å². The molecular formula is C15H16ClFN2. The molecule has 0 aromatic heterocycles. The fraction of sp³-hybridized carbons (Fsp3) is 0.200. The van der Waals surface area contributed by atoms with E-state index in [4.69, 9.17) is 17.3 Å². The first-order valence-corrected chi connectivity index (χ1v) is 6.46. The van der Waals surface area contributed by atoms with Gasteiger partial charge in [-0.1, -0.05) is 29.8 Å². The summed E-state index contributed by atoms with van der Waals surface area (Å²) < 4.78 is 13.2. The summed E-state index contributed by atoms with van der Waals surface area (Å²) in [7, 11) is 0. The average Bonchev–Trinajstić information content (AvgIpc) is 2.40. The van der Waals surface area contributed by atoms with Crippen LogP contribution in [-0.2, 0) is 0 Å². The number of nitrogens with two attached hydrogens (primary N) is 1. The summed E-state index contributed by atoms with van der Waals surface area (Å²) in [5.41, 5.74) is 8.46. The maximum atomic E-state index is 13.2. The van der Waals surface area contributed by atoms with E-state index >= 15 is 0 Å². The van der Waals surface area contributed by atoms with E-state index in [1.54, 1.807) is 6.07 Å². The zero-order chi connectivity index (χ0) is 13.8. The summed E-state index contributed by atoms with van der Waals surface area (Å²) in [5, 5.41) is 3.96. The van der Waals surface area contributed by atoms with Crippen LogP contribution < -0.4 is 11.1 Å². The van der Waals surface area contributed by atoms with Crippen LogP contribution in [0.3, 0.4) is 0 Å². The van der Waals surface area contributed by atoms with Gasteiger partial charge in [-0.15, -0.1) is 0 Å². The molecule has 2 rings (SSSR count). The van der Waals surface area contributed by atoms with Gasteiger partial charge in [-0.3, -0.25) is 0 Å². The zero-order valence-electron chi connectivity index (χ0n) is 10.7. The molecule has 3 N–H and O–H groups in total. The summed E-state index contributed by atoms with van der Waals surface area (Å²) in [4.78, 5) is 0. The fourth-order valence-corrected chi connectivity index (χ4v) is 2.07. The molecule has 0 spiro atoms. The third kappa shape index (κ3) is 3.46. The second-order valence-electron chi connectivity index (χ2n) is 4.45. The lowest BCUT2D eigenvalue weighted by Crippen LogP contribution is -2.20. The molecule has 0 aliphatic heterocycles. The highest BCUT2D eigenvalue weighted by Gasteiger charge is 2.10. The van der Waals surface area contributed by atoms with Gasteiger partial charge in [0.2, 0.25) is 0 Å². The first-order valence-electron chi connectivity index (χ1n) is 6.08. The molecule has 1 atom stereocenters. The van der Waals surface area contributed by atoms with Gasteiger partial charge in [-0.05, 0) is 42.3 Å². The molecule has 0 heterocycles. The number of anilines is 1. The van der Waals surface area contributed by atoms with Crippen molar-refractivity contribution in [2.45, 2.75) is 13.0 Å². The third-order valence-corrected chi connectivity index (χ3v) is 3.41. The minimum absolute atomic E-state index is 0.144. The van der Waals surface area contributed by atoms with Crippen molar-refractivity contribution in [3.05, 3.63) is 64.4 Å². The normalized spacial score (nSPS) is 12.2. The van der Waals surface area contributed by atoms with Crippen LogP contribution in [0.15, 0.2) is 42.5 Å². The predicted molar refractivity (Wildman–Crippen MR) is 78.0 cm³/mol. The van der Waals surface area contributed by atoms with Gasteiger partial charge in [0, 0.05) is 17.3 Å². The minimum Gasteiger partial charge on any atom is -0.377 e. The van der Waals surface area contributed by atoms with Crippen molar-refractivity contribution in [1.29, 1.82) is 0 Å². The lowest BCUT2D eigenvalue weighted by atomic mass is 10.1. The number of hydrogen-bond acceptors (Lipinski definition) is 2. The Morgan fingerprint density at radius 2 is 2.05 bits per heavy atom. The number of halogens is 2. The van der Waals surface area contributed by atoms with Crippen LogP contribution in [0.4, 0.5) is 10.1 Å². The number of nitrogens with one attached hydrogen (secondary N) is 1. The van der Waals surface area contributed by atoms with Gasteiger partial charge in [0.25, 0.3) is 0 Å². The van der Waals surface area contributed by atoms with Gasteiger partial charge < -0.3 is 11.1 Å². The van der Waals surface area contributed by atoms with Crippen molar-refractivity contribution in [2.75, 3.05) is 11.9 Å². The standard InChI is InChI=1S/C15H16ClFN2/c1-10-5-6-13(8-14(10)16)19-15(9-18)11-3-2-4-12(17)7-11/h2-8,15,19H,9,18H2,1H3. The van der Waals surface area contributed by atoms with E-state index < -0.39 is 0 Å².